The Kier molecular flexibility index (Phi) is 3.54. The Balaban J connectivity index is 3.46. The van der Waals surface area contributed by atoms with Crippen LogP contribution in [0.3, 0.4) is 0 Å². The van der Waals surface area contributed by atoms with E-state index in [9.17, 15) is 0 Å². The summed E-state index contributed by atoms with van der Waals surface area (Å²) >= 11 is 5.95. The van der Waals surface area contributed by atoms with Gasteiger partial charge in [0.15, 0.2) is 0 Å². The molecule has 0 N–H and O–H groups in total. The largest absolute Gasteiger partial charge is 0.255 e. The summed E-state index contributed by atoms with van der Waals surface area (Å²) in [7, 11) is 0. The van der Waals surface area contributed by atoms with Gasteiger partial charge in [0.1, 0.15) is 0 Å². The van der Waals surface area contributed by atoms with E-state index in [1.807, 2.05) is 0 Å². The van der Waals surface area contributed by atoms with Crippen molar-refractivity contribution < 1.29 is 0 Å². The normalized spacial score (nSPS) is 10.9. The van der Waals surface area contributed by atoms with Crippen molar-refractivity contribution in [2.24, 2.45) is 0 Å². The second-order valence-electron chi connectivity index (χ2n) is 2.93. The van der Waals surface area contributed by atoms with Crippen molar-refractivity contribution in [2.75, 3.05) is 0 Å². The van der Waals surface area contributed by atoms with Crippen LogP contribution in [0.25, 0.3) is 0 Å². The zero-order valence-electron chi connectivity index (χ0n) is 6.11. The van der Waals surface area contributed by atoms with Crippen LogP contribution in [0.2, 0.25) is 11.6 Å². The maximum absolute atomic E-state index is 5.95. The van der Waals surface area contributed by atoms with Crippen LogP contribution in [0.4, 0.5) is 0 Å². The summed E-state index contributed by atoms with van der Waals surface area (Å²) in [4.78, 5) is 0. The van der Waals surface area contributed by atoms with Crippen molar-refractivity contribution in [2.45, 2.75) is 39.3 Å². The Morgan fingerprint density at radius 2 is 1.25 bits per heavy atom. The Labute approximate surface area is 57.6 Å². The lowest BCUT2D eigenvalue weighted by Gasteiger charge is -2.11. The van der Waals surface area contributed by atoms with Gasteiger partial charge in [-0.2, -0.15) is 11.5 Å². The molecule has 0 saturated carbocycles. The first kappa shape index (κ1) is 8.35. The van der Waals surface area contributed by atoms with Crippen molar-refractivity contribution in [3.8, 4) is 0 Å². The molecule has 0 spiro atoms. The molecule has 0 aliphatic rings. The van der Waals surface area contributed by atoms with Crippen molar-refractivity contribution in [3.63, 3.8) is 0 Å². The van der Waals surface area contributed by atoms with Gasteiger partial charge in [-0.05, 0) is 0 Å². The first-order valence-corrected chi connectivity index (χ1v) is 3.63. The van der Waals surface area contributed by atoms with Crippen LogP contribution >= 0.6 is 11.5 Å². The van der Waals surface area contributed by atoms with Crippen LogP contribution in [0.5, 0.6) is 0 Å². The van der Waals surface area contributed by atoms with Gasteiger partial charge in [-0.3, -0.25) is 0 Å². The zero-order chi connectivity index (χ0) is 6.73. The highest BCUT2D eigenvalue weighted by molar-refractivity contribution is 7.08. The van der Waals surface area contributed by atoms with Crippen LogP contribution in [-0.4, -0.2) is 6.13 Å². The fourth-order valence-electron chi connectivity index (χ4n) is 0.770. The van der Waals surface area contributed by atoms with Gasteiger partial charge in [0.25, 0.3) is 6.13 Å². The fourth-order valence-corrected chi connectivity index (χ4v) is 0.770. The SMILES string of the molecule is CC(C)B(Cl)C(C)C. The third-order valence-corrected chi connectivity index (χ3v) is 2.28. The third-order valence-electron chi connectivity index (χ3n) is 1.27. The van der Waals surface area contributed by atoms with Gasteiger partial charge in [-0.1, -0.05) is 39.3 Å². The zero-order valence-corrected chi connectivity index (χ0v) is 6.87. The van der Waals surface area contributed by atoms with Crippen LogP contribution in [0, 0.1) is 0 Å². The molecular formula is C6H14BCl. The van der Waals surface area contributed by atoms with E-state index >= 15 is 0 Å². The van der Waals surface area contributed by atoms with Crippen LogP contribution < -0.4 is 0 Å². The minimum atomic E-state index is 0.343. The number of halogens is 1. The second-order valence-corrected chi connectivity index (χ2v) is 3.44. The summed E-state index contributed by atoms with van der Waals surface area (Å²) < 4.78 is 0. The highest BCUT2D eigenvalue weighted by Crippen LogP contribution is 2.22. The number of hydrogen-bond acceptors (Lipinski definition) is 0. The minimum Gasteiger partial charge on any atom is -0.195 e. The maximum Gasteiger partial charge on any atom is 0.255 e. The molecule has 0 aromatic heterocycles. The van der Waals surface area contributed by atoms with Crippen LogP contribution in [0.15, 0.2) is 0 Å². The summed E-state index contributed by atoms with van der Waals surface area (Å²) in [6.45, 7) is 8.60. The lowest BCUT2D eigenvalue weighted by Crippen LogP contribution is -2.12. The standard InChI is InChI=1S/C6H14BCl/c1-5(2)7(8)6(3)4/h5-6H,1-4H3. The van der Waals surface area contributed by atoms with Gasteiger partial charge in [0.2, 0.25) is 0 Å². The topological polar surface area (TPSA) is 0 Å². The first-order valence-electron chi connectivity index (χ1n) is 3.19. The summed E-state index contributed by atoms with van der Waals surface area (Å²) in [5.74, 6) is 1.22. The molecule has 0 rings (SSSR count). The smallest absolute Gasteiger partial charge is 0.195 e. The molecule has 2 heteroatoms. The molecule has 0 aromatic carbocycles. The summed E-state index contributed by atoms with van der Waals surface area (Å²) in [6.07, 6.45) is 0.343. The molecule has 0 aliphatic heterocycles. The van der Waals surface area contributed by atoms with Crippen molar-refractivity contribution in [3.05, 3.63) is 0 Å². The first-order chi connectivity index (χ1) is 3.55. The summed E-state index contributed by atoms with van der Waals surface area (Å²) in [5.41, 5.74) is 0. The molecule has 0 fully saturated rings. The highest BCUT2D eigenvalue weighted by Gasteiger charge is 2.18. The van der Waals surface area contributed by atoms with Gasteiger partial charge < -0.3 is 0 Å². The van der Waals surface area contributed by atoms with Crippen LogP contribution in [-0.2, 0) is 0 Å². The molecule has 0 amide bonds. The predicted molar refractivity (Wildman–Crippen MR) is 41.8 cm³/mol. The summed E-state index contributed by atoms with van der Waals surface area (Å²) in [5, 5.41) is 0. The van der Waals surface area contributed by atoms with Crippen molar-refractivity contribution in [1.82, 2.24) is 0 Å². The minimum absolute atomic E-state index is 0.343. The molecule has 0 atom stereocenters. The van der Waals surface area contributed by atoms with E-state index in [1.165, 1.54) is 0 Å². The van der Waals surface area contributed by atoms with Crippen LogP contribution in [0.1, 0.15) is 27.7 Å². The Morgan fingerprint density at radius 3 is 1.25 bits per heavy atom. The molecule has 0 bridgehead atoms. The quantitative estimate of drug-likeness (QED) is 0.507. The fraction of sp³-hybridized carbons (Fsp3) is 1.00. The summed E-state index contributed by atoms with van der Waals surface area (Å²) in [6, 6.07) is 0. The highest BCUT2D eigenvalue weighted by atomic mass is 35.5. The Bertz CT molecular complexity index is 53.5. The molecule has 0 radical (unpaired) electrons. The molecule has 0 aliphatic carbocycles. The lowest BCUT2D eigenvalue weighted by atomic mass is 9.56. The molecular weight excluding hydrogens is 118 g/mol. The van der Waals surface area contributed by atoms with Gasteiger partial charge >= 0.3 is 0 Å². The van der Waals surface area contributed by atoms with E-state index in [4.69, 9.17) is 11.5 Å². The van der Waals surface area contributed by atoms with E-state index in [0.29, 0.717) is 17.8 Å². The Morgan fingerprint density at radius 1 is 1.00 bits per heavy atom. The lowest BCUT2D eigenvalue weighted by molar-refractivity contribution is 0.962. The average Bonchev–Trinajstić information content (AvgIpc) is 1.64. The predicted octanol–water partition coefficient (Wildman–Crippen LogP) is 3.04. The van der Waals surface area contributed by atoms with Gasteiger partial charge in [0.05, 0.1) is 0 Å². The Hall–Kier alpha value is 0.355. The van der Waals surface area contributed by atoms with E-state index in [-0.39, 0.29) is 0 Å². The van der Waals surface area contributed by atoms with Gasteiger partial charge in [-0.25, -0.2) is 0 Å². The third kappa shape index (κ3) is 2.61. The molecule has 0 heterocycles. The van der Waals surface area contributed by atoms with E-state index in [0.717, 1.165) is 0 Å². The maximum atomic E-state index is 5.95. The van der Waals surface area contributed by atoms with Crippen molar-refractivity contribution >= 4 is 17.6 Å². The molecule has 0 saturated heterocycles. The van der Waals surface area contributed by atoms with E-state index in [1.54, 1.807) is 0 Å². The van der Waals surface area contributed by atoms with Gasteiger partial charge in [-0.15, -0.1) is 0 Å². The van der Waals surface area contributed by atoms with E-state index < -0.39 is 0 Å². The van der Waals surface area contributed by atoms with Crippen molar-refractivity contribution in [1.29, 1.82) is 0 Å². The van der Waals surface area contributed by atoms with Gasteiger partial charge in [0, 0.05) is 0 Å². The number of hydrogen-bond donors (Lipinski definition) is 0. The molecule has 8 heavy (non-hydrogen) atoms. The monoisotopic (exact) mass is 132 g/mol. The molecule has 48 valence electrons. The molecule has 0 aromatic rings. The molecule has 0 unspecified atom stereocenters. The second kappa shape index (κ2) is 3.39. The van der Waals surface area contributed by atoms with E-state index in [2.05, 4.69) is 27.7 Å². The average molecular weight is 132 g/mol. The molecule has 0 nitrogen and oxygen atoms in total. The number of rotatable bonds is 2.